The first-order valence-electron chi connectivity index (χ1n) is 6.82. The molecule has 0 spiro atoms. The lowest BCUT2D eigenvalue weighted by Gasteiger charge is -2.33. The van der Waals surface area contributed by atoms with Crippen LogP contribution in [-0.4, -0.2) is 28.0 Å². The van der Waals surface area contributed by atoms with E-state index in [2.05, 4.69) is 25.8 Å². The van der Waals surface area contributed by atoms with Crippen LogP contribution >= 0.6 is 15.9 Å². The van der Waals surface area contributed by atoms with Crippen LogP contribution in [0, 0.1) is 5.92 Å². The Balaban J connectivity index is 2.33. The van der Waals surface area contributed by atoms with E-state index in [9.17, 15) is 4.79 Å². The van der Waals surface area contributed by atoms with E-state index in [1.54, 1.807) is 17.0 Å². The summed E-state index contributed by atoms with van der Waals surface area (Å²) in [5, 5.41) is 0.990. The number of rotatable bonds is 2. The molecule has 1 saturated heterocycles. The maximum atomic E-state index is 12.6. The minimum Gasteiger partial charge on any atom is -0.352 e. The topological polar surface area (TPSA) is 38.1 Å². The molecular weight excluding hydrogens is 306 g/mol. The second-order valence-corrected chi connectivity index (χ2v) is 6.85. The molecule has 1 atom stereocenters. The fraction of sp³-hybridized carbons (Fsp3) is 0.714. The number of halogens is 1. The quantitative estimate of drug-likeness (QED) is 0.784. The SMILES string of the molecule is CC(C)(C)n1ccnc(N2CCCC(CBr)C2)c1=O. The highest BCUT2D eigenvalue weighted by Gasteiger charge is 2.24. The molecule has 1 aliphatic heterocycles. The summed E-state index contributed by atoms with van der Waals surface area (Å²) in [6.07, 6.45) is 5.86. The van der Waals surface area contributed by atoms with Crippen molar-refractivity contribution in [1.29, 1.82) is 0 Å². The first-order valence-corrected chi connectivity index (χ1v) is 7.94. The third-order valence-corrected chi connectivity index (χ3v) is 4.50. The predicted molar refractivity (Wildman–Crippen MR) is 82.2 cm³/mol. The minimum atomic E-state index is -0.209. The molecule has 0 bridgehead atoms. The lowest BCUT2D eigenvalue weighted by atomic mass is 10.0. The molecule has 1 aromatic heterocycles. The molecule has 1 aromatic rings. The Bertz CT molecular complexity index is 492. The summed E-state index contributed by atoms with van der Waals surface area (Å²) >= 11 is 3.55. The average molecular weight is 328 g/mol. The van der Waals surface area contributed by atoms with Crippen molar-refractivity contribution in [2.75, 3.05) is 23.3 Å². The Morgan fingerprint density at radius 2 is 2.21 bits per heavy atom. The molecule has 0 radical (unpaired) electrons. The zero-order valence-corrected chi connectivity index (χ0v) is 13.5. The molecule has 2 heterocycles. The van der Waals surface area contributed by atoms with Gasteiger partial charge in [-0.15, -0.1) is 0 Å². The van der Waals surface area contributed by atoms with Gasteiger partial charge in [-0.05, 0) is 39.5 Å². The number of nitrogens with zero attached hydrogens (tertiary/aromatic N) is 3. The van der Waals surface area contributed by atoms with Crippen LogP contribution in [0.1, 0.15) is 33.6 Å². The van der Waals surface area contributed by atoms with Crippen LogP contribution in [0.25, 0.3) is 0 Å². The molecule has 19 heavy (non-hydrogen) atoms. The lowest BCUT2D eigenvalue weighted by molar-refractivity contribution is 0.380. The maximum absolute atomic E-state index is 12.6. The van der Waals surface area contributed by atoms with E-state index in [-0.39, 0.29) is 11.1 Å². The Morgan fingerprint density at radius 3 is 2.84 bits per heavy atom. The van der Waals surface area contributed by atoms with Crippen LogP contribution < -0.4 is 10.5 Å². The molecule has 0 N–H and O–H groups in total. The smallest absolute Gasteiger partial charge is 0.293 e. The van der Waals surface area contributed by atoms with Crippen molar-refractivity contribution in [2.24, 2.45) is 5.92 Å². The van der Waals surface area contributed by atoms with Crippen LogP contribution in [-0.2, 0) is 5.54 Å². The number of alkyl halides is 1. The Labute approximate surface area is 123 Å². The highest BCUT2D eigenvalue weighted by Crippen LogP contribution is 2.21. The number of piperidine rings is 1. The molecule has 0 aromatic carbocycles. The van der Waals surface area contributed by atoms with Gasteiger partial charge in [0.15, 0.2) is 5.82 Å². The Kier molecular flexibility index (Phi) is 4.33. The molecule has 1 unspecified atom stereocenters. The fourth-order valence-corrected chi connectivity index (χ4v) is 3.06. The number of hydrogen-bond donors (Lipinski definition) is 0. The van der Waals surface area contributed by atoms with Crippen molar-refractivity contribution in [2.45, 2.75) is 39.2 Å². The van der Waals surface area contributed by atoms with Gasteiger partial charge in [-0.2, -0.15) is 0 Å². The van der Waals surface area contributed by atoms with E-state index in [1.807, 2.05) is 20.8 Å². The Morgan fingerprint density at radius 1 is 1.47 bits per heavy atom. The summed E-state index contributed by atoms with van der Waals surface area (Å²) in [6.45, 7) is 7.96. The molecule has 5 heteroatoms. The van der Waals surface area contributed by atoms with Gasteiger partial charge in [0, 0.05) is 36.4 Å². The van der Waals surface area contributed by atoms with E-state index in [1.165, 1.54) is 6.42 Å². The molecule has 0 saturated carbocycles. The molecule has 1 fully saturated rings. The van der Waals surface area contributed by atoms with Crippen molar-refractivity contribution in [3.05, 3.63) is 22.7 Å². The van der Waals surface area contributed by atoms with Crippen LogP contribution in [0.4, 0.5) is 5.82 Å². The molecule has 0 aliphatic carbocycles. The van der Waals surface area contributed by atoms with Gasteiger partial charge < -0.3 is 9.47 Å². The molecule has 4 nitrogen and oxygen atoms in total. The van der Waals surface area contributed by atoms with Gasteiger partial charge in [0.2, 0.25) is 0 Å². The second kappa shape index (κ2) is 5.65. The van der Waals surface area contributed by atoms with Crippen molar-refractivity contribution < 1.29 is 0 Å². The summed E-state index contributed by atoms with van der Waals surface area (Å²) in [5.74, 6) is 1.21. The summed E-state index contributed by atoms with van der Waals surface area (Å²) < 4.78 is 1.77. The van der Waals surface area contributed by atoms with E-state index >= 15 is 0 Å². The van der Waals surface area contributed by atoms with Crippen LogP contribution in [0.2, 0.25) is 0 Å². The monoisotopic (exact) mass is 327 g/mol. The normalized spacial score (nSPS) is 20.6. The van der Waals surface area contributed by atoms with Crippen molar-refractivity contribution in [3.63, 3.8) is 0 Å². The fourth-order valence-electron chi connectivity index (χ4n) is 2.53. The molecule has 0 amide bonds. The van der Waals surface area contributed by atoms with Gasteiger partial charge in [0.05, 0.1) is 0 Å². The highest BCUT2D eigenvalue weighted by atomic mass is 79.9. The predicted octanol–water partition coefficient (Wildman–Crippen LogP) is 2.61. The van der Waals surface area contributed by atoms with Crippen LogP contribution in [0.5, 0.6) is 0 Å². The molecular formula is C14H22BrN3O. The average Bonchev–Trinajstić information content (AvgIpc) is 2.37. The lowest BCUT2D eigenvalue weighted by Crippen LogP contribution is -2.43. The first-order chi connectivity index (χ1) is 8.93. The van der Waals surface area contributed by atoms with E-state index < -0.39 is 0 Å². The number of aromatic nitrogens is 2. The zero-order chi connectivity index (χ0) is 14.0. The standard InChI is InChI=1S/C14H22BrN3O/c1-14(2,3)18-8-6-16-12(13(18)19)17-7-4-5-11(9-15)10-17/h6,8,11H,4-5,7,9-10H2,1-3H3. The largest absolute Gasteiger partial charge is 0.352 e. The van der Waals surface area contributed by atoms with Gasteiger partial charge in [0.25, 0.3) is 5.56 Å². The summed E-state index contributed by atoms with van der Waals surface area (Å²) in [7, 11) is 0. The molecule has 2 rings (SSSR count). The van der Waals surface area contributed by atoms with E-state index in [0.717, 1.165) is 24.8 Å². The number of hydrogen-bond acceptors (Lipinski definition) is 3. The number of anilines is 1. The third-order valence-electron chi connectivity index (χ3n) is 3.58. The Hall–Kier alpha value is -0.840. The van der Waals surface area contributed by atoms with Gasteiger partial charge >= 0.3 is 0 Å². The van der Waals surface area contributed by atoms with Gasteiger partial charge in [0.1, 0.15) is 0 Å². The highest BCUT2D eigenvalue weighted by molar-refractivity contribution is 9.09. The van der Waals surface area contributed by atoms with Crippen LogP contribution in [0.15, 0.2) is 17.2 Å². The summed E-state index contributed by atoms with van der Waals surface area (Å²) in [6, 6.07) is 0. The minimum absolute atomic E-state index is 0.0187. The van der Waals surface area contributed by atoms with Crippen molar-refractivity contribution in [3.8, 4) is 0 Å². The van der Waals surface area contributed by atoms with Crippen LogP contribution in [0.3, 0.4) is 0 Å². The van der Waals surface area contributed by atoms with Crippen molar-refractivity contribution in [1.82, 2.24) is 9.55 Å². The van der Waals surface area contributed by atoms with E-state index in [0.29, 0.717) is 11.7 Å². The molecule has 1 aliphatic rings. The van der Waals surface area contributed by atoms with E-state index in [4.69, 9.17) is 0 Å². The first kappa shape index (κ1) is 14.6. The maximum Gasteiger partial charge on any atom is 0.293 e. The summed E-state index contributed by atoms with van der Waals surface area (Å²) in [5.41, 5.74) is -0.190. The molecule has 106 valence electrons. The van der Waals surface area contributed by atoms with Gasteiger partial charge in [-0.25, -0.2) is 4.98 Å². The summed E-state index contributed by atoms with van der Waals surface area (Å²) in [4.78, 5) is 19.0. The second-order valence-electron chi connectivity index (χ2n) is 6.21. The zero-order valence-electron chi connectivity index (χ0n) is 11.9. The third kappa shape index (κ3) is 3.19. The van der Waals surface area contributed by atoms with Crippen molar-refractivity contribution >= 4 is 21.7 Å². The van der Waals surface area contributed by atoms with Gasteiger partial charge in [-0.3, -0.25) is 4.79 Å². The van der Waals surface area contributed by atoms with Gasteiger partial charge in [-0.1, -0.05) is 15.9 Å².